The van der Waals surface area contributed by atoms with Crippen LogP contribution in [0.4, 0.5) is 0 Å². The van der Waals surface area contributed by atoms with Crippen LogP contribution in [-0.2, 0) is 16.0 Å². The molecule has 0 fully saturated rings. The molecule has 0 spiro atoms. The molecule has 0 N–H and O–H groups in total. The highest BCUT2D eigenvalue weighted by atomic mass is 16.5. The number of methoxy groups -OCH3 is 1. The van der Waals surface area contributed by atoms with E-state index in [1.807, 2.05) is 61.5 Å². The summed E-state index contributed by atoms with van der Waals surface area (Å²) in [6.07, 6.45) is 3.11. The van der Waals surface area contributed by atoms with Crippen LogP contribution in [0.25, 0.3) is 6.08 Å². The monoisotopic (exact) mass is 430 g/mol. The van der Waals surface area contributed by atoms with Gasteiger partial charge in [-0.2, -0.15) is 5.26 Å². The van der Waals surface area contributed by atoms with Crippen LogP contribution in [0.2, 0.25) is 0 Å². The molecular weight excluding hydrogens is 404 g/mol. The highest BCUT2D eigenvalue weighted by Crippen LogP contribution is 2.28. The minimum atomic E-state index is -0.552. The van der Waals surface area contributed by atoms with Gasteiger partial charge < -0.3 is 9.47 Å². The standard InChI is InChI=1S/C26H26N2O4/c1-4-15-32-22-11-7-20(8-12-22)16-23-18(2)24(17-27)26(30)28(25(23)29)14-13-19-5-9-21(31-3)10-6-19/h5-12,16H,4,13-15H2,1-3H3/b23-16+. The van der Waals surface area contributed by atoms with E-state index in [9.17, 15) is 14.9 Å². The number of benzene rings is 2. The third-order valence-electron chi connectivity index (χ3n) is 5.27. The van der Waals surface area contributed by atoms with E-state index >= 15 is 0 Å². The van der Waals surface area contributed by atoms with Gasteiger partial charge in [0.25, 0.3) is 11.8 Å². The molecule has 32 heavy (non-hydrogen) atoms. The third-order valence-corrected chi connectivity index (χ3v) is 5.27. The molecule has 3 rings (SSSR count). The Bertz CT molecular complexity index is 1090. The summed E-state index contributed by atoms with van der Waals surface area (Å²) in [4.78, 5) is 27.1. The van der Waals surface area contributed by atoms with Crippen LogP contribution in [0.3, 0.4) is 0 Å². The lowest BCUT2D eigenvalue weighted by molar-refractivity contribution is -0.140. The average Bonchev–Trinajstić information content (AvgIpc) is 2.82. The molecule has 0 unspecified atom stereocenters. The Morgan fingerprint density at radius 2 is 1.66 bits per heavy atom. The van der Waals surface area contributed by atoms with Gasteiger partial charge in [-0.15, -0.1) is 0 Å². The molecule has 2 aromatic rings. The lowest BCUT2D eigenvalue weighted by atomic mass is 9.93. The zero-order chi connectivity index (χ0) is 23.1. The summed E-state index contributed by atoms with van der Waals surface area (Å²) in [5, 5.41) is 9.56. The number of imide groups is 1. The van der Waals surface area contributed by atoms with Gasteiger partial charge in [-0.3, -0.25) is 14.5 Å². The van der Waals surface area contributed by atoms with Gasteiger partial charge in [0.2, 0.25) is 0 Å². The van der Waals surface area contributed by atoms with Gasteiger partial charge in [0, 0.05) is 12.1 Å². The molecule has 0 saturated carbocycles. The van der Waals surface area contributed by atoms with Crippen molar-refractivity contribution >= 4 is 17.9 Å². The quantitative estimate of drug-likeness (QED) is 0.460. The highest BCUT2D eigenvalue weighted by molar-refractivity contribution is 6.19. The Labute approximate surface area is 188 Å². The largest absolute Gasteiger partial charge is 0.497 e. The van der Waals surface area contributed by atoms with E-state index in [-0.39, 0.29) is 12.1 Å². The number of rotatable bonds is 8. The Balaban J connectivity index is 1.84. The number of carbonyl (C=O) groups excluding carboxylic acids is 2. The molecule has 1 heterocycles. The first-order chi connectivity index (χ1) is 15.5. The van der Waals surface area contributed by atoms with E-state index in [1.165, 1.54) is 0 Å². The molecule has 2 amide bonds. The number of nitrogens with zero attached hydrogens (tertiary/aromatic N) is 2. The number of carbonyl (C=O) groups is 2. The van der Waals surface area contributed by atoms with E-state index < -0.39 is 11.8 Å². The summed E-state index contributed by atoms with van der Waals surface area (Å²) >= 11 is 0. The van der Waals surface area contributed by atoms with Crippen LogP contribution >= 0.6 is 0 Å². The maximum absolute atomic E-state index is 13.2. The molecule has 6 heteroatoms. The summed E-state index contributed by atoms with van der Waals surface area (Å²) in [5.41, 5.74) is 2.49. The summed E-state index contributed by atoms with van der Waals surface area (Å²) < 4.78 is 10.8. The normalized spacial score (nSPS) is 15.2. The minimum Gasteiger partial charge on any atom is -0.497 e. The number of hydrogen-bond acceptors (Lipinski definition) is 5. The Hall–Kier alpha value is -3.85. The molecule has 0 radical (unpaired) electrons. The Kier molecular flexibility index (Phi) is 7.45. The molecule has 1 aliphatic rings. The van der Waals surface area contributed by atoms with Gasteiger partial charge >= 0.3 is 0 Å². The molecule has 0 atom stereocenters. The van der Waals surface area contributed by atoms with Gasteiger partial charge in [-0.1, -0.05) is 31.2 Å². The van der Waals surface area contributed by atoms with Crippen molar-refractivity contribution in [1.29, 1.82) is 5.26 Å². The molecule has 164 valence electrons. The zero-order valence-electron chi connectivity index (χ0n) is 18.6. The van der Waals surface area contributed by atoms with Crippen molar-refractivity contribution in [2.75, 3.05) is 20.3 Å². The Morgan fingerprint density at radius 3 is 2.25 bits per heavy atom. The van der Waals surface area contributed by atoms with Gasteiger partial charge in [-0.25, -0.2) is 0 Å². The van der Waals surface area contributed by atoms with Crippen molar-refractivity contribution in [3.05, 3.63) is 76.4 Å². The molecule has 0 saturated heterocycles. The van der Waals surface area contributed by atoms with Gasteiger partial charge in [0.15, 0.2) is 0 Å². The topological polar surface area (TPSA) is 79.6 Å². The van der Waals surface area contributed by atoms with Crippen LogP contribution in [0.1, 0.15) is 31.4 Å². The lowest BCUT2D eigenvalue weighted by Crippen LogP contribution is -2.43. The van der Waals surface area contributed by atoms with E-state index in [0.29, 0.717) is 24.2 Å². The summed E-state index contributed by atoms with van der Waals surface area (Å²) in [6.45, 7) is 4.50. The van der Waals surface area contributed by atoms with Crippen LogP contribution in [0.5, 0.6) is 11.5 Å². The fraction of sp³-hybridized carbons (Fsp3) is 0.269. The number of nitriles is 1. The first kappa shape index (κ1) is 22.8. The van der Waals surface area contributed by atoms with Crippen molar-refractivity contribution in [2.24, 2.45) is 0 Å². The number of hydrogen-bond donors (Lipinski definition) is 0. The smallest absolute Gasteiger partial charge is 0.271 e. The van der Waals surface area contributed by atoms with Crippen molar-refractivity contribution in [3.8, 4) is 17.6 Å². The molecule has 0 aliphatic carbocycles. The van der Waals surface area contributed by atoms with Crippen LogP contribution in [0.15, 0.2) is 65.3 Å². The zero-order valence-corrected chi connectivity index (χ0v) is 18.6. The first-order valence-corrected chi connectivity index (χ1v) is 10.5. The molecule has 6 nitrogen and oxygen atoms in total. The van der Waals surface area contributed by atoms with Crippen molar-refractivity contribution < 1.29 is 19.1 Å². The maximum Gasteiger partial charge on any atom is 0.271 e. The predicted molar refractivity (Wildman–Crippen MR) is 122 cm³/mol. The van der Waals surface area contributed by atoms with Gasteiger partial charge in [0.1, 0.15) is 23.1 Å². The summed E-state index contributed by atoms with van der Waals surface area (Å²) in [5.74, 6) is 0.543. The van der Waals surface area contributed by atoms with Crippen LogP contribution in [-0.4, -0.2) is 37.0 Å². The van der Waals surface area contributed by atoms with Crippen molar-refractivity contribution in [2.45, 2.75) is 26.7 Å². The molecular formula is C26H26N2O4. The first-order valence-electron chi connectivity index (χ1n) is 10.5. The highest BCUT2D eigenvalue weighted by Gasteiger charge is 2.35. The van der Waals surface area contributed by atoms with Crippen LogP contribution < -0.4 is 9.47 Å². The second-order valence-electron chi connectivity index (χ2n) is 7.45. The molecule has 1 aliphatic heterocycles. The molecule has 2 aromatic carbocycles. The van der Waals surface area contributed by atoms with E-state index in [1.54, 1.807) is 20.1 Å². The summed E-state index contributed by atoms with van der Waals surface area (Å²) in [7, 11) is 1.60. The lowest BCUT2D eigenvalue weighted by Gasteiger charge is -2.27. The average molecular weight is 431 g/mol. The minimum absolute atomic E-state index is 0.00604. The van der Waals surface area contributed by atoms with Gasteiger partial charge in [0.05, 0.1) is 13.7 Å². The maximum atomic E-state index is 13.2. The second-order valence-corrected chi connectivity index (χ2v) is 7.45. The van der Waals surface area contributed by atoms with Crippen molar-refractivity contribution in [1.82, 2.24) is 4.90 Å². The third kappa shape index (κ3) is 5.06. The van der Waals surface area contributed by atoms with E-state index in [0.717, 1.165) is 33.9 Å². The van der Waals surface area contributed by atoms with E-state index in [2.05, 4.69) is 0 Å². The number of amides is 2. The van der Waals surface area contributed by atoms with E-state index in [4.69, 9.17) is 9.47 Å². The molecule has 0 aromatic heterocycles. The Morgan fingerprint density at radius 1 is 1.00 bits per heavy atom. The molecule has 0 bridgehead atoms. The second kappa shape index (κ2) is 10.5. The van der Waals surface area contributed by atoms with Crippen molar-refractivity contribution in [3.63, 3.8) is 0 Å². The number of ether oxygens (including phenoxy) is 2. The fourth-order valence-corrected chi connectivity index (χ4v) is 3.41. The van der Waals surface area contributed by atoms with Gasteiger partial charge in [-0.05, 0) is 66.8 Å². The predicted octanol–water partition coefficient (Wildman–Crippen LogP) is 4.32. The summed E-state index contributed by atoms with van der Waals surface area (Å²) in [6, 6.07) is 16.8. The van der Waals surface area contributed by atoms with Crippen LogP contribution in [0, 0.1) is 11.3 Å². The fourth-order valence-electron chi connectivity index (χ4n) is 3.41. The SMILES string of the molecule is CCCOc1ccc(/C=C2/C(=O)N(CCc3ccc(OC)cc3)C(=O)C(C#N)=C2C)cc1.